The Hall–Kier alpha value is -4.12. The highest BCUT2D eigenvalue weighted by Crippen LogP contribution is 2.37. The molecule has 0 unspecified atom stereocenters. The summed E-state index contributed by atoms with van der Waals surface area (Å²) >= 11 is 0. The molecule has 0 bridgehead atoms. The molecule has 35 heavy (non-hydrogen) atoms. The number of nitrogens with one attached hydrogen (secondary N) is 1. The molecule has 0 saturated carbocycles. The Labute approximate surface area is 197 Å². The normalized spacial score (nSPS) is 11.5. The van der Waals surface area contributed by atoms with Crippen molar-refractivity contribution in [2.24, 2.45) is 5.73 Å². The van der Waals surface area contributed by atoms with Crippen LogP contribution in [0.5, 0.6) is 11.5 Å². The Morgan fingerprint density at radius 3 is 2.54 bits per heavy atom. The standard InChI is InChI=1S/C24H21F3N4O4/c1-3-34-16-7-5-4-6-15(16)29-22(32)21-18(12-28)35-23(31-21)14-8-10-17(33-2)20-13(14)9-11-19(30-20)24(25,26)27/h4-11H,3,12,28H2,1-2H3,(H,29,32). The van der Waals surface area contributed by atoms with E-state index in [0.717, 1.165) is 6.07 Å². The van der Waals surface area contributed by atoms with Crippen molar-refractivity contribution in [1.29, 1.82) is 0 Å². The van der Waals surface area contributed by atoms with Gasteiger partial charge in [0.05, 0.1) is 25.9 Å². The van der Waals surface area contributed by atoms with E-state index in [1.54, 1.807) is 30.3 Å². The molecule has 0 aliphatic carbocycles. The van der Waals surface area contributed by atoms with Crippen LogP contribution in [0.4, 0.5) is 18.9 Å². The van der Waals surface area contributed by atoms with E-state index in [1.807, 2.05) is 6.92 Å². The van der Waals surface area contributed by atoms with Crippen LogP contribution >= 0.6 is 0 Å². The zero-order chi connectivity index (χ0) is 25.2. The molecule has 0 spiro atoms. The summed E-state index contributed by atoms with van der Waals surface area (Å²) in [6.45, 7) is 2.10. The lowest BCUT2D eigenvalue weighted by atomic mass is 10.1. The maximum Gasteiger partial charge on any atom is 0.433 e. The third-order valence-electron chi connectivity index (χ3n) is 5.09. The number of hydrogen-bond donors (Lipinski definition) is 2. The van der Waals surface area contributed by atoms with Crippen LogP contribution in [0.1, 0.15) is 28.9 Å². The third kappa shape index (κ3) is 4.76. The summed E-state index contributed by atoms with van der Waals surface area (Å²) < 4.78 is 56.1. The highest BCUT2D eigenvalue weighted by molar-refractivity contribution is 6.05. The van der Waals surface area contributed by atoms with Crippen molar-refractivity contribution in [2.75, 3.05) is 19.0 Å². The number of halogens is 3. The topological polar surface area (TPSA) is 112 Å². The number of hydrogen-bond acceptors (Lipinski definition) is 7. The molecule has 0 radical (unpaired) electrons. The van der Waals surface area contributed by atoms with Gasteiger partial charge in [-0.15, -0.1) is 0 Å². The number of pyridine rings is 1. The van der Waals surface area contributed by atoms with Gasteiger partial charge in [-0.3, -0.25) is 4.79 Å². The van der Waals surface area contributed by atoms with E-state index in [1.165, 1.54) is 19.2 Å². The summed E-state index contributed by atoms with van der Waals surface area (Å²) in [6.07, 6.45) is -4.63. The van der Waals surface area contributed by atoms with E-state index in [4.69, 9.17) is 19.6 Å². The fraction of sp³-hybridized carbons (Fsp3) is 0.208. The number of fused-ring (bicyclic) bond motifs is 1. The molecule has 4 aromatic rings. The molecule has 0 aliphatic heterocycles. The van der Waals surface area contributed by atoms with Crippen molar-refractivity contribution >= 4 is 22.5 Å². The molecule has 2 heterocycles. The maximum atomic E-state index is 13.2. The molecule has 4 rings (SSSR count). The predicted octanol–water partition coefficient (Wildman–Crippen LogP) is 5.03. The average molecular weight is 486 g/mol. The monoisotopic (exact) mass is 486 g/mol. The van der Waals surface area contributed by atoms with Crippen molar-refractivity contribution in [3.63, 3.8) is 0 Å². The molecule has 0 aliphatic rings. The third-order valence-corrected chi connectivity index (χ3v) is 5.09. The summed E-state index contributed by atoms with van der Waals surface area (Å²) in [6, 6.07) is 12.0. The SMILES string of the molecule is CCOc1ccccc1NC(=O)c1nc(-c2ccc(OC)c3nc(C(F)(F)F)ccc23)oc1CN. The average Bonchev–Trinajstić information content (AvgIpc) is 3.28. The lowest BCUT2D eigenvalue weighted by molar-refractivity contribution is -0.140. The number of oxazole rings is 1. The smallest absolute Gasteiger partial charge is 0.433 e. The Bertz CT molecular complexity index is 1390. The van der Waals surface area contributed by atoms with Crippen molar-refractivity contribution in [3.8, 4) is 23.0 Å². The largest absolute Gasteiger partial charge is 0.494 e. The van der Waals surface area contributed by atoms with E-state index < -0.39 is 17.8 Å². The first-order chi connectivity index (χ1) is 16.8. The molecule has 2 aromatic carbocycles. The van der Waals surface area contributed by atoms with E-state index >= 15 is 0 Å². The lowest BCUT2D eigenvalue weighted by Crippen LogP contribution is -2.16. The number of aromatic nitrogens is 2. The molecule has 11 heteroatoms. The number of ether oxygens (including phenoxy) is 2. The van der Waals surface area contributed by atoms with E-state index in [0.29, 0.717) is 29.0 Å². The summed E-state index contributed by atoms with van der Waals surface area (Å²) in [4.78, 5) is 21.1. The predicted molar refractivity (Wildman–Crippen MR) is 122 cm³/mol. The second-order valence-electron chi connectivity index (χ2n) is 7.28. The number of nitrogens with two attached hydrogens (primary N) is 1. The summed E-state index contributed by atoms with van der Waals surface area (Å²) in [5.74, 6) is 0.154. The van der Waals surface area contributed by atoms with Gasteiger partial charge in [0.1, 0.15) is 22.7 Å². The van der Waals surface area contributed by atoms with E-state index in [-0.39, 0.29) is 35.2 Å². The highest BCUT2D eigenvalue weighted by Gasteiger charge is 2.33. The van der Waals surface area contributed by atoms with Gasteiger partial charge in [0, 0.05) is 10.9 Å². The van der Waals surface area contributed by atoms with Gasteiger partial charge in [-0.2, -0.15) is 13.2 Å². The molecule has 0 fully saturated rings. The second kappa shape index (κ2) is 9.63. The van der Waals surface area contributed by atoms with Crippen LogP contribution in [0.15, 0.2) is 52.9 Å². The minimum Gasteiger partial charge on any atom is -0.494 e. The minimum absolute atomic E-state index is 0.00269. The van der Waals surface area contributed by atoms with Gasteiger partial charge >= 0.3 is 6.18 Å². The fourth-order valence-electron chi connectivity index (χ4n) is 3.52. The van der Waals surface area contributed by atoms with Crippen LogP contribution in [0.3, 0.4) is 0 Å². The maximum absolute atomic E-state index is 13.2. The Morgan fingerprint density at radius 1 is 1.09 bits per heavy atom. The van der Waals surface area contributed by atoms with Crippen LogP contribution < -0.4 is 20.5 Å². The van der Waals surface area contributed by atoms with Gasteiger partial charge in [0.25, 0.3) is 5.91 Å². The van der Waals surface area contributed by atoms with Crippen LogP contribution in [0, 0.1) is 0 Å². The van der Waals surface area contributed by atoms with Gasteiger partial charge in [0.2, 0.25) is 5.89 Å². The van der Waals surface area contributed by atoms with Crippen molar-refractivity contribution in [1.82, 2.24) is 9.97 Å². The number of carbonyl (C=O) groups is 1. The molecule has 8 nitrogen and oxygen atoms in total. The Balaban J connectivity index is 1.76. The van der Waals surface area contributed by atoms with Crippen LogP contribution in [0.25, 0.3) is 22.4 Å². The van der Waals surface area contributed by atoms with Crippen molar-refractivity contribution < 1.29 is 31.9 Å². The minimum atomic E-state index is -4.63. The molecule has 2 aromatic heterocycles. The van der Waals surface area contributed by atoms with Crippen LogP contribution in [0.2, 0.25) is 0 Å². The van der Waals surface area contributed by atoms with E-state index in [2.05, 4.69) is 15.3 Å². The first-order valence-electron chi connectivity index (χ1n) is 10.5. The molecule has 182 valence electrons. The van der Waals surface area contributed by atoms with Gasteiger partial charge in [-0.1, -0.05) is 12.1 Å². The molecule has 1 amide bonds. The second-order valence-corrected chi connectivity index (χ2v) is 7.28. The Kier molecular flexibility index (Phi) is 6.61. The number of carbonyl (C=O) groups excluding carboxylic acids is 1. The first-order valence-corrected chi connectivity index (χ1v) is 10.5. The molecule has 0 saturated heterocycles. The quantitative estimate of drug-likeness (QED) is 0.377. The Morgan fingerprint density at radius 2 is 1.86 bits per heavy atom. The van der Waals surface area contributed by atoms with Gasteiger partial charge in [-0.05, 0) is 43.3 Å². The van der Waals surface area contributed by atoms with Gasteiger partial charge < -0.3 is 24.9 Å². The summed E-state index contributed by atoms with van der Waals surface area (Å²) in [5.41, 5.74) is 5.39. The zero-order valence-corrected chi connectivity index (χ0v) is 18.8. The number of rotatable bonds is 7. The zero-order valence-electron chi connectivity index (χ0n) is 18.8. The van der Waals surface area contributed by atoms with Gasteiger partial charge in [0.15, 0.2) is 11.5 Å². The van der Waals surface area contributed by atoms with Crippen LogP contribution in [-0.4, -0.2) is 29.6 Å². The van der Waals surface area contributed by atoms with Gasteiger partial charge in [-0.25, -0.2) is 9.97 Å². The van der Waals surface area contributed by atoms with Crippen LogP contribution in [-0.2, 0) is 12.7 Å². The molecular formula is C24H21F3N4O4. The van der Waals surface area contributed by atoms with Crippen molar-refractivity contribution in [3.05, 3.63) is 65.7 Å². The number of nitrogens with zero attached hydrogens (tertiary/aromatic N) is 2. The van der Waals surface area contributed by atoms with E-state index in [9.17, 15) is 18.0 Å². The first kappa shape index (κ1) is 24.0. The number of methoxy groups -OCH3 is 1. The lowest BCUT2D eigenvalue weighted by Gasteiger charge is -2.11. The number of anilines is 1. The number of para-hydroxylation sites is 2. The van der Waals surface area contributed by atoms with Crippen molar-refractivity contribution in [2.45, 2.75) is 19.6 Å². The molecular weight excluding hydrogens is 465 g/mol. The summed E-state index contributed by atoms with van der Waals surface area (Å²) in [5, 5.41) is 3.03. The number of amides is 1. The number of benzene rings is 2. The fourth-order valence-corrected chi connectivity index (χ4v) is 3.52. The molecule has 0 atom stereocenters. The highest BCUT2D eigenvalue weighted by atomic mass is 19.4. The number of alkyl halides is 3. The summed E-state index contributed by atoms with van der Waals surface area (Å²) in [7, 11) is 1.33. The molecule has 3 N–H and O–H groups in total.